The number of carbonyl (C=O) groups is 2. The molecule has 1 aliphatic carbocycles. The Morgan fingerprint density at radius 1 is 0.927 bits per heavy atom. The van der Waals surface area contributed by atoms with Crippen LogP contribution in [0.4, 0.5) is 0 Å². The SMILES string of the molecule is CC1(C)CCC(CN2CC3CC2CN3Cc2ccc3c(c2)CN(C2CCC(=O)NC2=O)C3)=C(c2ccc(Cl)cc2)C1. The minimum atomic E-state index is -0.200. The lowest BCUT2D eigenvalue weighted by Gasteiger charge is -2.38. The molecule has 5 aliphatic rings. The maximum Gasteiger partial charge on any atom is 0.243 e. The molecule has 2 aromatic rings. The van der Waals surface area contributed by atoms with Gasteiger partial charge in [0.05, 0.1) is 6.04 Å². The molecule has 216 valence electrons. The van der Waals surface area contributed by atoms with Crippen molar-refractivity contribution in [3.8, 4) is 0 Å². The van der Waals surface area contributed by atoms with E-state index < -0.39 is 0 Å². The van der Waals surface area contributed by atoms with E-state index in [9.17, 15) is 9.59 Å². The van der Waals surface area contributed by atoms with Crippen LogP contribution < -0.4 is 5.32 Å². The number of likely N-dealkylation sites (tertiary alicyclic amines) is 2. The second-order valence-electron chi connectivity index (χ2n) is 13.8. The summed E-state index contributed by atoms with van der Waals surface area (Å²) in [6.07, 6.45) is 5.90. The molecule has 0 saturated carbocycles. The van der Waals surface area contributed by atoms with E-state index in [1.165, 1.54) is 41.5 Å². The highest BCUT2D eigenvalue weighted by molar-refractivity contribution is 6.30. The Hall–Kier alpha value is -2.51. The molecule has 4 heterocycles. The zero-order valence-corrected chi connectivity index (χ0v) is 25.1. The fraction of sp³-hybridized carbons (Fsp3) is 0.529. The summed E-state index contributed by atoms with van der Waals surface area (Å²) < 4.78 is 0. The number of fused-ring (bicyclic) bond motifs is 3. The highest BCUT2D eigenvalue weighted by Crippen LogP contribution is 2.44. The molecule has 7 rings (SSSR count). The average molecular weight is 573 g/mol. The van der Waals surface area contributed by atoms with Gasteiger partial charge in [-0.1, -0.05) is 61.4 Å². The molecule has 3 fully saturated rings. The number of nitrogens with zero attached hydrogens (tertiary/aromatic N) is 3. The molecular formula is C34H41ClN4O2. The highest BCUT2D eigenvalue weighted by atomic mass is 35.5. The third-order valence-corrected chi connectivity index (χ3v) is 10.5. The van der Waals surface area contributed by atoms with E-state index in [2.05, 4.69) is 64.2 Å². The maximum absolute atomic E-state index is 12.4. The topological polar surface area (TPSA) is 55.9 Å². The molecule has 7 heteroatoms. The number of hydrogen-bond acceptors (Lipinski definition) is 5. The van der Waals surface area contributed by atoms with Gasteiger partial charge in [0, 0.05) is 62.8 Å². The molecule has 3 atom stereocenters. The van der Waals surface area contributed by atoms with E-state index in [1.807, 2.05) is 12.1 Å². The fourth-order valence-electron chi connectivity index (χ4n) is 7.99. The van der Waals surface area contributed by atoms with Crippen LogP contribution in [0.1, 0.15) is 74.6 Å². The number of amides is 2. The summed E-state index contributed by atoms with van der Waals surface area (Å²) in [5.41, 5.74) is 8.87. The number of piperazine rings is 1. The number of piperidine rings is 1. The van der Waals surface area contributed by atoms with Crippen molar-refractivity contribution < 1.29 is 9.59 Å². The number of rotatable bonds is 6. The average Bonchev–Trinajstić information content (AvgIpc) is 3.64. The van der Waals surface area contributed by atoms with E-state index in [1.54, 1.807) is 11.1 Å². The Bertz CT molecular complexity index is 1400. The van der Waals surface area contributed by atoms with Crippen LogP contribution in [0.3, 0.4) is 0 Å². The van der Waals surface area contributed by atoms with Gasteiger partial charge in [-0.25, -0.2) is 0 Å². The first-order chi connectivity index (χ1) is 19.7. The quantitative estimate of drug-likeness (QED) is 0.471. The molecule has 0 aromatic heterocycles. The molecule has 0 spiro atoms. The van der Waals surface area contributed by atoms with Crippen molar-refractivity contribution in [1.29, 1.82) is 0 Å². The summed E-state index contributed by atoms with van der Waals surface area (Å²) in [6.45, 7) is 10.8. The van der Waals surface area contributed by atoms with E-state index in [-0.39, 0.29) is 17.9 Å². The Kier molecular flexibility index (Phi) is 7.09. The molecule has 3 unspecified atom stereocenters. The minimum absolute atomic E-state index is 0.139. The molecule has 4 aliphatic heterocycles. The summed E-state index contributed by atoms with van der Waals surface area (Å²) in [6, 6.07) is 16.4. The number of benzene rings is 2. The van der Waals surface area contributed by atoms with Crippen LogP contribution in [-0.2, 0) is 29.2 Å². The standard InChI is InChI=1S/C34H41ClN4O2/c1-34(2)12-11-25(30(15-34)23-5-7-27(35)8-6-23)18-38-21-28-14-29(38)20-37(28)16-22-3-4-24-17-39(19-26(24)13-22)31-9-10-32(40)36-33(31)41/h3-8,13,28-29,31H,9-12,14-21H2,1-2H3,(H,36,40,41). The van der Waals surface area contributed by atoms with Crippen LogP contribution in [0.15, 0.2) is 48.0 Å². The lowest BCUT2D eigenvalue weighted by atomic mass is 9.72. The smallest absolute Gasteiger partial charge is 0.243 e. The third-order valence-electron chi connectivity index (χ3n) is 10.3. The lowest BCUT2D eigenvalue weighted by molar-refractivity contribution is -0.137. The van der Waals surface area contributed by atoms with Gasteiger partial charge in [-0.3, -0.25) is 29.6 Å². The van der Waals surface area contributed by atoms with Gasteiger partial charge in [-0.15, -0.1) is 0 Å². The first-order valence-corrected chi connectivity index (χ1v) is 15.7. The van der Waals surface area contributed by atoms with E-state index in [0.717, 1.165) is 50.7 Å². The summed E-state index contributed by atoms with van der Waals surface area (Å²) in [7, 11) is 0. The summed E-state index contributed by atoms with van der Waals surface area (Å²) in [5, 5.41) is 3.32. The first kappa shape index (κ1) is 27.3. The predicted octanol–water partition coefficient (Wildman–Crippen LogP) is 5.38. The van der Waals surface area contributed by atoms with E-state index >= 15 is 0 Å². The van der Waals surface area contributed by atoms with Gasteiger partial charge in [0.15, 0.2) is 0 Å². The molecule has 0 radical (unpaired) electrons. The monoisotopic (exact) mass is 572 g/mol. The van der Waals surface area contributed by atoms with Gasteiger partial charge in [0.1, 0.15) is 0 Å². The van der Waals surface area contributed by atoms with Gasteiger partial charge in [-0.2, -0.15) is 0 Å². The van der Waals surface area contributed by atoms with Crippen molar-refractivity contribution in [1.82, 2.24) is 20.0 Å². The zero-order valence-electron chi connectivity index (χ0n) is 24.3. The molecule has 2 amide bonds. The minimum Gasteiger partial charge on any atom is -0.295 e. The van der Waals surface area contributed by atoms with Crippen molar-refractivity contribution in [2.75, 3.05) is 19.6 Å². The Morgan fingerprint density at radius 2 is 1.66 bits per heavy atom. The third kappa shape index (κ3) is 5.52. The number of allylic oxidation sites excluding steroid dienone is 1. The molecule has 6 nitrogen and oxygen atoms in total. The highest BCUT2D eigenvalue weighted by Gasteiger charge is 2.44. The fourth-order valence-corrected chi connectivity index (χ4v) is 8.11. The zero-order chi connectivity index (χ0) is 28.3. The van der Waals surface area contributed by atoms with Crippen LogP contribution in [0.2, 0.25) is 5.02 Å². The second kappa shape index (κ2) is 10.6. The van der Waals surface area contributed by atoms with Crippen molar-refractivity contribution in [2.45, 2.75) is 90.1 Å². The maximum atomic E-state index is 12.4. The molecule has 1 N–H and O–H groups in total. The van der Waals surface area contributed by atoms with Gasteiger partial charge < -0.3 is 0 Å². The van der Waals surface area contributed by atoms with Gasteiger partial charge in [0.2, 0.25) is 11.8 Å². The molecule has 2 bridgehead atoms. The first-order valence-electron chi connectivity index (χ1n) is 15.3. The van der Waals surface area contributed by atoms with Gasteiger partial charge in [0.25, 0.3) is 0 Å². The summed E-state index contributed by atoms with van der Waals surface area (Å²) in [4.78, 5) is 31.7. The second-order valence-corrected chi connectivity index (χ2v) is 14.2. The largest absolute Gasteiger partial charge is 0.295 e. The van der Waals surface area contributed by atoms with E-state index in [0.29, 0.717) is 30.3 Å². The van der Waals surface area contributed by atoms with Crippen LogP contribution in [-0.4, -0.2) is 64.3 Å². The van der Waals surface area contributed by atoms with E-state index in [4.69, 9.17) is 11.6 Å². The van der Waals surface area contributed by atoms with Gasteiger partial charge in [-0.05, 0) is 77.5 Å². The van der Waals surface area contributed by atoms with Crippen molar-refractivity contribution in [3.63, 3.8) is 0 Å². The van der Waals surface area contributed by atoms with Crippen molar-refractivity contribution in [3.05, 3.63) is 75.3 Å². The molecule has 3 saturated heterocycles. The number of carbonyl (C=O) groups excluding carboxylic acids is 2. The Morgan fingerprint density at radius 3 is 2.39 bits per heavy atom. The van der Waals surface area contributed by atoms with Crippen LogP contribution in [0, 0.1) is 5.41 Å². The van der Waals surface area contributed by atoms with Crippen LogP contribution in [0.5, 0.6) is 0 Å². The molecule has 2 aromatic carbocycles. The Labute approximate surface area is 248 Å². The Balaban J connectivity index is 0.990. The summed E-state index contributed by atoms with van der Waals surface area (Å²) >= 11 is 6.21. The molecule has 41 heavy (non-hydrogen) atoms. The number of imide groups is 1. The predicted molar refractivity (Wildman–Crippen MR) is 162 cm³/mol. The normalized spacial score (nSPS) is 28.4. The van der Waals surface area contributed by atoms with Crippen LogP contribution >= 0.6 is 11.6 Å². The lowest BCUT2D eigenvalue weighted by Crippen LogP contribution is -2.50. The molecular weight excluding hydrogens is 532 g/mol. The number of nitrogens with one attached hydrogen (secondary N) is 1. The number of halogens is 1. The van der Waals surface area contributed by atoms with Crippen LogP contribution in [0.25, 0.3) is 5.57 Å². The van der Waals surface area contributed by atoms with Crippen molar-refractivity contribution >= 4 is 29.0 Å². The summed E-state index contributed by atoms with van der Waals surface area (Å²) in [5.74, 6) is -0.287. The number of hydrogen-bond donors (Lipinski definition) is 1. The van der Waals surface area contributed by atoms with Gasteiger partial charge >= 0.3 is 0 Å². The van der Waals surface area contributed by atoms with Crippen molar-refractivity contribution in [2.24, 2.45) is 5.41 Å².